The molecule has 3 atom stereocenters. The number of ether oxygens (including phenoxy) is 1. The Kier molecular flexibility index (Phi) is 17.2. The van der Waals surface area contributed by atoms with Crippen molar-refractivity contribution in [3.8, 4) is 28.3 Å². The number of aromatic nitrogens is 2. The molecule has 56 heavy (non-hydrogen) atoms. The van der Waals surface area contributed by atoms with E-state index in [2.05, 4.69) is 27.5 Å². The van der Waals surface area contributed by atoms with Gasteiger partial charge in [0.1, 0.15) is 23.9 Å². The fraction of sp³-hybridized carbons (Fsp3) is 0.415. The van der Waals surface area contributed by atoms with E-state index in [9.17, 15) is 24.3 Å². The SMILES string of the molecule is CCCCCCCOc1ccc(-c2cnc(-c3ccc(CC(NC(=O)c4ccc(C(C)(C)C)s4)C(=O)NC(CSSCC(N)C(=O)O)C(=O)O)cc3)nc2)cc1. The quantitative estimate of drug-likeness (QED) is 0.0395. The molecule has 15 heteroatoms. The molecule has 0 aliphatic heterocycles. The molecule has 6 N–H and O–H groups in total. The summed E-state index contributed by atoms with van der Waals surface area (Å²) in [6, 6.07) is 15.3. The van der Waals surface area contributed by atoms with E-state index in [0.29, 0.717) is 17.3 Å². The number of nitrogens with zero attached hydrogens (tertiary/aromatic N) is 2. The highest BCUT2D eigenvalue weighted by atomic mass is 33.1. The van der Waals surface area contributed by atoms with E-state index in [1.807, 2.05) is 75.4 Å². The predicted octanol–water partition coefficient (Wildman–Crippen LogP) is 7.22. The van der Waals surface area contributed by atoms with E-state index in [4.69, 9.17) is 15.6 Å². The fourth-order valence-corrected chi connectivity index (χ4v) is 8.58. The van der Waals surface area contributed by atoms with Crippen LogP contribution in [0.1, 0.15) is 79.9 Å². The Morgan fingerprint density at radius 2 is 1.43 bits per heavy atom. The number of hydrogen-bond acceptors (Lipinski definition) is 11. The number of rotatable bonds is 22. The minimum absolute atomic E-state index is 0.0505. The molecule has 300 valence electrons. The van der Waals surface area contributed by atoms with Crippen molar-refractivity contribution in [3.05, 3.63) is 88.4 Å². The van der Waals surface area contributed by atoms with Gasteiger partial charge in [-0.2, -0.15) is 0 Å². The van der Waals surface area contributed by atoms with Gasteiger partial charge in [0.25, 0.3) is 5.91 Å². The fourth-order valence-electron chi connectivity index (χ4n) is 5.35. The maximum absolute atomic E-state index is 13.6. The summed E-state index contributed by atoms with van der Waals surface area (Å²) in [4.78, 5) is 60.8. The van der Waals surface area contributed by atoms with Crippen molar-refractivity contribution < 1.29 is 34.1 Å². The third-order valence-electron chi connectivity index (χ3n) is 8.70. The van der Waals surface area contributed by atoms with Gasteiger partial charge in [-0.25, -0.2) is 14.8 Å². The zero-order valence-electron chi connectivity index (χ0n) is 32.2. The van der Waals surface area contributed by atoms with Crippen LogP contribution in [-0.2, 0) is 26.2 Å². The van der Waals surface area contributed by atoms with Gasteiger partial charge in [0, 0.05) is 46.3 Å². The summed E-state index contributed by atoms with van der Waals surface area (Å²) in [6.07, 6.45) is 9.54. The molecule has 2 heterocycles. The smallest absolute Gasteiger partial charge is 0.327 e. The zero-order valence-corrected chi connectivity index (χ0v) is 34.6. The van der Waals surface area contributed by atoms with Crippen LogP contribution in [0.15, 0.2) is 73.1 Å². The third-order valence-corrected chi connectivity index (χ3v) is 12.7. The molecule has 4 rings (SSSR count). The van der Waals surface area contributed by atoms with Crippen molar-refractivity contribution in [3.63, 3.8) is 0 Å². The van der Waals surface area contributed by atoms with Gasteiger partial charge < -0.3 is 31.3 Å². The Hall–Kier alpha value is -4.44. The molecule has 0 spiro atoms. The Bertz CT molecular complexity index is 1880. The largest absolute Gasteiger partial charge is 0.494 e. The topological polar surface area (TPSA) is 194 Å². The predicted molar refractivity (Wildman–Crippen MR) is 225 cm³/mol. The van der Waals surface area contributed by atoms with E-state index in [-0.39, 0.29) is 23.3 Å². The summed E-state index contributed by atoms with van der Waals surface area (Å²) < 4.78 is 5.89. The first-order chi connectivity index (χ1) is 26.7. The normalized spacial score (nSPS) is 13.0. The van der Waals surface area contributed by atoms with Crippen molar-refractivity contribution in [2.45, 2.75) is 89.8 Å². The lowest BCUT2D eigenvalue weighted by Gasteiger charge is -2.21. The van der Waals surface area contributed by atoms with E-state index in [0.717, 1.165) is 60.9 Å². The first-order valence-electron chi connectivity index (χ1n) is 18.6. The average Bonchev–Trinajstić information content (AvgIpc) is 3.69. The van der Waals surface area contributed by atoms with Gasteiger partial charge >= 0.3 is 11.9 Å². The first kappa shape index (κ1) is 44.3. The molecule has 3 unspecified atom stereocenters. The second-order valence-electron chi connectivity index (χ2n) is 14.3. The Labute approximate surface area is 340 Å². The van der Waals surface area contributed by atoms with Crippen molar-refractivity contribution in [1.82, 2.24) is 20.6 Å². The highest BCUT2D eigenvalue weighted by molar-refractivity contribution is 8.76. The number of nitrogens with one attached hydrogen (secondary N) is 2. The zero-order chi connectivity index (χ0) is 40.7. The third kappa shape index (κ3) is 13.9. The minimum atomic E-state index is -1.30. The number of hydrogen-bond donors (Lipinski definition) is 5. The number of carbonyl (C=O) groups is 4. The van der Waals surface area contributed by atoms with E-state index in [1.165, 1.54) is 37.0 Å². The number of carboxylic acids is 2. The number of nitrogens with two attached hydrogens (primary N) is 1. The molecule has 0 saturated carbocycles. The van der Waals surface area contributed by atoms with Crippen molar-refractivity contribution >= 4 is 56.7 Å². The molecule has 2 aromatic carbocycles. The Balaban J connectivity index is 1.42. The lowest BCUT2D eigenvalue weighted by Crippen LogP contribution is -2.53. The lowest BCUT2D eigenvalue weighted by molar-refractivity contribution is -0.141. The van der Waals surface area contributed by atoms with Gasteiger partial charge in [-0.15, -0.1) is 11.3 Å². The maximum Gasteiger partial charge on any atom is 0.327 e. The van der Waals surface area contributed by atoms with E-state index < -0.39 is 41.9 Å². The van der Waals surface area contributed by atoms with Gasteiger partial charge in [-0.05, 0) is 47.2 Å². The number of carbonyl (C=O) groups excluding carboxylic acids is 2. The summed E-state index contributed by atoms with van der Waals surface area (Å²) in [5, 5.41) is 24.2. The summed E-state index contributed by atoms with van der Waals surface area (Å²) in [7, 11) is 2.19. The van der Waals surface area contributed by atoms with Crippen LogP contribution in [0.3, 0.4) is 0 Å². The van der Waals surface area contributed by atoms with Gasteiger partial charge in [-0.1, -0.05) is 111 Å². The first-order valence-corrected chi connectivity index (χ1v) is 21.9. The summed E-state index contributed by atoms with van der Waals surface area (Å²) in [5.41, 5.74) is 8.67. The Morgan fingerprint density at radius 1 is 0.786 bits per heavy atom. The van der Waals surface area contributed by atoms with E-state index in [1.54, 1.807) is 18.5 Å². The molecular formula is C41H51N5O7S3. The summed E-state index contributed by atoms with van der Waals surface area (Å²) in [5.74, 6) is -2.19. The molecule has 12 nitrogen and oxygen atoms in total. The maximum atomic E-state index is 13.6. The number of carboxylic acid groups (broad SMARTS) is 2. The molecule has 0 saturated heterocycles. The van der Waals surface area contributed by atoms with Crippen molar-refractivity contribution in [2.75, 3.05) is 18.1 Å². The number of thiophene rings is 1. The molecule has 0 aliphatic rings. The molecule has 0 aliphatic carbocycles. The second-order valence-corrected chi connectivity index (χ2v) is 18.0. The Morgan fingerprint density at radius 3 is 2.04 bits per heavy atom. The number of benzene rings is 2. The van der Waals surface area contributed by atoms with Gasteiger partial charge in [-0.3, -0.25) is 14.4 Å². The lowest BCUT2D eigenvalue weighted by atomic mass is 9.95. The summed E-state index contributed by atoms with van der Waals surface area (Å²) >= 11 is 1.33. The van der Waals surface area contributed by atoms with Crippen LogP contribution in [-0.4, -0.2) is 80.2 Å². The van der Waals surface area contributed by atoms with Crippen LogP contribution >= 0.6 is 32.9 Å². The van der Waals surface area contributed by atoms with Crippen LogP contribution in [0.2, 0.25) is 0 Å². The monoisotopic (exact) mass is 821 g/mol. The average molecular weight is 822 g/mol. The highest BCUT2D eigenvalue weighted by Gasteiger charge is 2.28. The van der Waals surface area contributed by atoms with Crippen molar-refractivity contribution in [1.29, 1.82) is 0 Å². The molecule has 0 bridgehead atoms. The molecule has 4 aromatic rings. The van der Waals surface area contributed by atoms with Crippen LogP contribution < -0.4 is 21.1 Å². The molecule has 0 radical (unpaired) electrons. The van der Waals surface area contributed by atoms with Crippen molar-refractivity contribution in [2.24, 2.45) is 5.73 Å². The number of unbranched alkanes of at least 4 members (excludes halogenated alkanes) is 4. The standard InChI is InChI=1S/C41H51N5O7S3/c1-5-6-7-8-9-20-53-30-16-14-27(15-17-30)29-22-43-36(44-23-29)28-12-10-26(11-13-28)21-32(45-38(48)34-18-19-35(56-34)41(2,3)4)37(47)46-33(40(51)52)25-55-54-24-31(42)39(49)50/h10-19,22-23,31-33H,5-9,20-21,24-25,42H2,1-4H3,(H,45,48)(H,46,47)(H,49,50)(H,51,52). The molecular weight excluding hydrogens is 771 g/mol. The van der Waals surface area contributed by atoms with Gasteiger partial charge in [0.05, 0.1) is 11.5 Å². The van der Waals surface area contributed by atoms with Crippen LogP contribution in [0, 0.1) is 0 Å². The van der Waals surface area contributed by atoms with E-state index >= 15 is 0 Å². The van der Waals surface area contributed by atoms with Gasteiger partial charge in [0.2, 0.25) is 5.91 Å². The van der Waals surface area contributed by atoms with Crippen LogP contribution in [0.4, 0.5) is 0 Å². The van der Waals surface area contributed by atoms with Crippen LogP contribution in [0.5, 0.6) is 5.75 Å². The molecule has 2 aromatic heterocycles. The summed E-state index contributed by atoms with van der Waals surface area (Å²) in [6.45, 7) is 9.04. The number of amides is 2. The van der Waals surface area contributed by atoms with Crippen LogP contribution in [0.25, 0.3) is 22.5 Å². The molecule has 2 amide bonds. The van der Waals surface area contributed by atoms with Gasteiger partial charge in [0.15, 0.2) is 5.82 Å². The second kappa shape index (κ2) is 21.8. The molecule has 0 fully saturated rings. The minimum Gasteiger partial charge on any atom is -0.494 e. The highest BCUT2D eigenvalue weighted by Crippen LogP contribution is 2.30. The number of aliphatic carboxylic acids is 2.